The molecule has 4 aliphatic rings. The molecular formula is C51H81N7O9. The quantitative estimate of drug-likeness (QED) is 0.0665. The molecule has 2 aromatic rings. The molecule has 374 valence electrons. The van der Waals surface area contributed by atoms with Gasteiger partial charge in [0.15, 0.2) is 0 Å². The highest BCUT2D eigenvalue weighted by atomic mass is 16.6. The summed E-state index contributed by atoms with van der Waals surface area (Å²) in [4.78, 5) is 74.8. The van der Waals surface area contributed by atoms with E-state index in [-0.39, 0.29) is 30.2 Å². The van der Waals surface area contributed by atoms with Gasteiger partial charge in [-0.2, -0.15) is 0 Å². The number of carbonyl (C=O) groups is 5. The number of nitrogens with two attached hydrogens (primary N) is 1. The Morgan fingerprint density at radius 1 is 0.657 bits per heavy atom. The van der Waals surface area contributed by atoms with Crippen molar-refractivity contribution in [3.05, 3.63) is 46.8 Å². The Balaban J connectivity index is 0.000000248. The summed E-state index contributed by atoms with van der Waals surface area (Å²) in [6, 6.07) is 8.59. The van der Waals surface area contributed by atoms with Crippen LogP contribution in [0.1, 0.15) is 142 Å². The fourth-order valence-electron chi connectivity index (χ4n) is 8.36. The van der Waals surface area contributed by atoms with Gasteiger partial charge in [-0.1, -0.05) is 31.4 Å². The van der Waals surface area contributed by atoms with Crippen LogP contribution in [0.3, 0.4) is 0 Å². The van der Waals surface area contributed by atoms with Crippen molar-refractivity contribution in [2.45, 2.75) is 163 Å². The number of aldehydes is 1. The fourth-order valence-corrected chi connectivity index (χ4v) is 8.36. The van der Waals surface area contributed by atoms with Gasteiger partial charge >= 0.3 is 24.1 Å². The van der Waals surface area contributed by atoms with E-state index >= 15 is 0 Å². The Bertz CT molecular complexity index is 1890. The van der Waals surface area contributed by atoms with Crippen LogP contribution >= 0.6 is 0 Å². The summed E-state index contributed by atoms with van der Waals surface area (Å²) in [6.45, 7) is 21.7. The second kappa shape index (κ2) is 27.4. The van der Waals surface area contributed by atoms with Crippen LogP contribution in [0.2, 0.25) is 0 Å². The largest absolute Gasteiger partial charge is 0.465 e. The molecule has 16 nitrogen and oxygen atoms in total. The van der Waals surface area contributed by atoms with Crippen LogP contribution < -0.4 is 15.5 Å². The number of aryl methyl sites for hydroxylation is 4. The Morgan fingerprint density at radius 3 is 1.54 bits per heavy atom. The monoisotopic (exact) mass is 936 g/mol. The maximum Gasteiger partial charge on any atom is 0.416 e. The smallest absolute Gasteiger partial charge is 0.416 e. The lowest BCUT2D eigenvalue weighted by molar-refractivity contribution is -0.146. The number of likely N-dealkylation sites (tertiary alicyclic amines) is 2. The lowest BCUT2D eigenvalue weighted by Crippen LogP contribution is -2.57. The molecule has 2 N–H and O–H groups in total. The Labute approximate surface area is 400 Å². The topological polar surface area (TPSA) is 187 Å². The molecule has 0 spiro atoms. The number of rotatable bonds is 18. The molecule has 0 radical (unpaired) electrons. The summed E-state index contributed by atoms with van der Waals surface area (Å²) in [5.74, 6) is 1.98. The lowest BCUT2D eigenvalue weighted by atomic mass is 9.93. The standard InChI is InChI=1S/C26H41N3O4.C18H26N2O3.C7H14N2O2/c1-5-32-23(30)19-28-17-20(18-28)11-8-6-7-9-13-22-15-14-21-12-10-16-29(24(21)27-22)25(31)33-26(2,3)4;1-18(2,3)23-17(22)20-12-7-8-14-10-11-15(19-16(14)20)9-5-4-6-13-21;1-2-11-7(10)5-9-3-6(8)4-9/h14-15,20H,5-13,16-19H2,1-4H3;10-11,13H,4-9,12H2,1-3H3;6H,2-5,8H2,1H3. The van der Waals surface area contributed by atoms with Gasteiger partial charge in [0.1, 0.15) is 29.1 Å². The van der Waals surface area contributed by atoms with Crippen LogP contribution in [0.25, 0.3) is 0 Å². The molecule has 2 aromatic heterocycles. The third-order valence-electron chi connectivity index (χ3n) is 11.6. The number of hydrogen-bond donors (Lipinski definition) is 1. The molecule has 0 aliphatic carbocycles. The van der Waals surface area contributed by atoms with Gasteiger partial charge in [0, 0.05) is 63.1 Å². The molecule has 0 bridgehead atoms. The molecule has 6 rings (SSSR count). The number of unbranched alkanes of at least 4 members (excludes halogenated alkanes) is 5. The summed E-state index contributed by atoms with van der Waals surface area (Å²) in [5.41, 5.74) is 8.75. The molecule has 0 unspecified atom stereocenters. The fraction of sp³-hybridized carbons (Fsp3) is 0.706. The third-order valence-corrected chi connectivity index (χ3v) is 11.6. The molecule has 2 fully saturated rings. The zero-order valence-electron chi connectivity index (χ0n) is 41.9. The minimum Gasteiger partial charge on any atom is -0.465 e. The Kier molecular flexibility index (Phi) is 22.4. The van der Waals surface area contributed by atoms with Crippen molar-refractivity contribution in [1.29, 1.82) is 0 Å². The van der Waals surface area contributed by atoms with Crippen LogP contribution in [-0.4, -0.2) is 133 Å². The van der Waals surface area contributed by atoms with E-state index in [1.165, 1.54) is 25.7 Å². The first kappa shape index (κ1) is 54.9. The maximum absolute atomic E-state index is 12.6. The summed E-state index contributed by atoms with van der Waals surface area (Å²) >= 11 is 0. The Morgan fingerprint density at radius 2 is 1.10 bits per heavy atom. The second-order valence-corrected chi connectivity index (χ2v) is 20.0. The average Bonchev–Trinajstić information content (AvgIpc) is 3.23. The van der Waals surface area contributed by atoms with E-state index in [9.17, 15) is 24.0 Å². The molecule has 0 atom stereocenters. The number of aromatic nitrogens is 2. The molecule has 16 heteroatoms. The zero-order valence-corrected chi connectivity index (χ0v) is 41.9. The summed E-state index contributed by atoms with van der Waals surface area (Å²) in [6.07, 6.45) is 14.2. The number of carbonyl (C=O) groups excluding carboxylic acids is 5. The number of esters is 2. The number of nitrogens with zero attached hydrogens (tertiary/aromatic N) is 6. The maximum atomic E-state index is 12.6. The van der Waals surface area contributed by atoms with Crippen LogP contribution in [-0.2, 0) is 59.0 Å². The van der Waals surface area contributed by atoms with E-state index in [1.54, 1.807) is 16.7 Å². The highest BCUT2D eigenvalue weighted by molar-refractivity contribution is 5.89. The van der Waals surface area contributed by atoms with Gasteiger partial charge in [-0.05, 0) is 149 Å². The first-order valence-electron chi connectivity index (χ1n) is 24.8. The minimum absolute atomic E-state index is 0.110. The van der Waals surface area contributed by atoms with E-state index < -0.39 is 11.2 Å². The predicted octanol–water partition coefficient (Wildman–Crippen LogP) is 7.63. The van der Waals surface area contributed by atoms with E-state index in [1.807, 2.05) is 59.4 Å². The van der Waals surface area contributed by atoms with Crippen LogP contribution in [0, 0.1) is 5.92 Å². The summed E-state index contributed by atoms with van der Waals surface area (Å²) in [7, 11) is 0. The van der Waals surface area contributed by atoms with Gasteiger partial charge in [-0.25, -0.2) is 19.6 Å². The number of anilines is 2. The molecular weight excluding hydrogens is 855 g/mol. The molecule has 6 heterocycles. The zero-order chi connectivity index (χ0) is 49.0. The molecule has 4 aliphatic heterocycles. The van der Waals surface area contributed by atoms with Crippen LogP contribution in [0.5, 0.6) is 0 Å². The van der Waals surface area contributed by atoms with E-state index in [0.717, 1.165) is 130 Å². The number of ether oxygens (including phenoxy) is 4. The normalized spacial score (nSPS) is 16.4. The Hall–Kier alpha value is -4.67. The molecule has 0 aromatic carbocycles. The van der Waals surface area contributed by atoms with E-state index in [0.29, 0.717) is 45.8 Å². The van der Waals surface area contributed by atoms with Gasteiger partial charge in [-0.3, -0.25) is 29.2 Å². The van der Waals surface area contributed by atoms with Gasteiger partial charge in [0.25, 0.3) is 0 Å². The number of fused-ring (bicyclic) bond motifs is 2. The van der Waals surface area contributed by atoms with Crippen molar-refractivity contribution in [3.63, 3.8) is 0 Å². The number of pyridine rings is 2. The van der Waals surface area contributed by atoms with Crippen molar-refractivity contribution in [1.82, 2.24) is 19.8 Å². The first-order valence-corrected chi connectivity index (χ1v) is 24.8. The summed E-state index contributed by atoms with van der Waals surface area (Å²) in [5, 5.41) is 0. The van der Waals surface area contributed by atoms with Crippen LogP contribution in [0.15, 0.2) is 24.3 Å². The van der Waals surface area contributed by atoms with Gasteiger partial charge in [0.2, 0.25) is 0 Å². The highest BCUT2D eigenvalue weighted by Gasteiger charge is 2.31. The van der Waals surface area contributed by atoms with Crippen molar-refractivity contribution < 1.29 is 42.9 Å². The highest BCUT2D eigenvalue weighted by Crippen LogP contribution is 2.29. The van der Waals surface area contributed by atoms with Crippen molar-refractivity contribution >= 4 is 42.0 Å². The SMILES string of the molecule is CC(C)(C)OC(=O)N1CCCc2ccc(CCCCC=O)nc21.CCOC(=O)CN1CC(CCCCCCc2ccc3c(n2)N(C(=O)OC(C)(C)C)CCC3)C1.CCOC(=O)CN1CC(N)C1. The van der Waals surface area contributed by atoms with Crippen molar-refractivity contribution in [2.24, 2.45) is 11.7 Å². The second-order valence-electron chi connectivity index (χ2n) is 20.0. The average molecular weight is 936 g/mol. The molecule has 67 heavy (non-hydrogen) atoms. The van der Waals surface area contributed by atoms with E-state index in [4.69, 9.17) is 29.7 Å². The van der Waals surface area contributed by atoms with Crippen molar-refractivity contribution in [2.75, 3.05) is 75.4 Å². The van der Waals surface area contributed by atoms with Crippen molar-refractivity contribution in [3.8, 4) is 0 Å². The molecule has 2 saturated heterocycles. The molecule has 2 amide bonds. The van der Waals surface area contributed by atoms with Crippen LogP contribution in [0.4, 0.5) is 21.2 Å². The van der Waals surface area contributed by atoms with E-state index in [2.05, 4.69) is 28.1 Å². The number of hydrogen-bond acceptors (Lipinski definition) is 14. The summed E-state index contributed by atoms with van der Waals surface area (Å²) < 4.78 is 20.8. The van der Waals surface area contributed by atoms with Gasteiger partial charge in [0.05, 0.1) is 26.3 Å². The van der Waals surface area contributed by atoms with Gasteiger partial charge in [-0.15, -0.1) is 0 Å². The first-order chi connectivity index (χ1) is 31.9. The minimum atomic E-state index is -0.513. The lowest BCUT2D eigenvalue weighted by Gasteiger charge is -2.38. The number of amides is 2. The predicted molar refractivity (Wildman–Crippen MR) is 260 cm³/mol. The van der Waals surface area contributed by atoms with Gasteiger partial charge < -0.3 is 29.5 Å². The third kappa shape index (κ3) is 19.8. The molecule has 0 saturated carbocycles.